The van der Waals surface area contributed by atoms with E-state index in [0.717, 1.165) is 11.3 Å². The largest absolute Gasteiger partial charge is 0.480 e. The highest BCUT2D eigenvalue weighted by atomic mass is 16.6. The van der Waals surface area contributed by atoms with Gasteiger partial charge in [-0.05, 0) is 63.0 Å². The molecule has 2 aromatic carbocycles. The monoisotopic (exact) mass is 524 g/mol. The third-order valence-electron chi connectivity index (χ3n) is 7.20. The number of nitrogens with zero attached hydrogens (tertiary/aromatic N) is 2. The molecular formula is C27H32N4O7. The first-order chi connectivity index (χ1) is 18.1. The average Bonchev–Trinajstić information content (AvgIpc) is 3.06. The molecule has 1 amide bonds. The number of carbonyl (C=O) groups is 2. The topological polar surface area (TPSA) is 157 Å². The molecule has 0 fully saturated rings. The van der Waals surface area contributed by atoms with E-state index >= 15 is 0 Å². The van der Waals surface area contributed by atoms with Gasteiger partial charge in [-0.1, -0.05) is 18.2 Å². The fraction of sp³-hybridized carbons (Fsp3) is 0.407. The van der Waals surface area contributed by atoms with Crippen LogP contribution in [0.1, 0.15) is 44.2 Å². The Morgan fingerprint density at radius 2 is 2.00 bits per heavy atom. The Hall–Kier alpha value is -4.12. The van der Waals surface area contributed by atoms with E-state index in [9.17, 15) is 19.7 Å². The number of fused-ring (bicyclic) bond motifs is 2. The van der Waals surface area contributed by atoms with Crippen molar-refractivity contribution in [2.24, 2.45) is 5.73 Å². The maximum absolute atomic E-state index is 12.2. The van der Waals surface area contributed by atoms with Crippen molar-refractivity contribution in [3.05, 3.63) is 69.8 Å². The average molecular weight is 525 g/mol. The number of nitrogens with one attached hydrogen (secondary N) is 1. The molecule has 11 heteroatoms. The minimum atomic E-state index is -1.04. The summed E-state index contributed by atoms with van der Waals surface area (Å²) in [5, 5.41) is 22.7. The number of ether oxygens (including phenoxy) is 2. The molecule has 11 nitrogen and oxygen atoms in total. The highest BCUT2D eigenvalue weighted by molar-refractivity contribution is 5.74. The van der Waals surface area contributed by atoms with Gasteiger partial charge in [0.05, 0.1) is 16.9 Å². The summed E-state index contributed by atoms with van der Waals surface area (Å²) in [6.45, 7) is 4.94. The first-order valence-electron chi connectivity index (χ1n) is 12.5. The summed E-state index contributed by atoms with van der Waals surface area (Å²) in [5.41, 5.74) is 6.67. The summed E-state index contributed by atoms with van der Waals surface area (Å²) in [5.74, 6) is -0.506. The first kappa shape index (κ1) is 26.9. The molecule has 0 saturated heterocycles. The van der Waals surface area contributed by atoms with E-state index in [-0.39, 0.29) is 12.3 Å². The van der Waals surface area contributed by atoms with Crippen molar-refractivity contribution in [1.29, 1.82) is 0 Å². The van der Waals surface area contributed by atoms with Gasteiger partial charge in [0, 0.05) is 29.9 Å². The van der Waals surface area contributed by atoms with E-state index in [4.69, 9.17) is 20.3 Å². The number of carboxylic acids is 1. The Labute approximate surface area is 220 Å². The van der Waals surface area contributed by atoms with E-state index in [2.05, 4.69) is 24.1 Å². The van der Waals surface area contributed by atoms with Crippen molar-refractivity contribution in [3.8, 4) is 5.75 Å². The molecule has 0 aliphatic carbocycles. The molecule has 2 atom stereocenters. The van der Waals surface area contributed by atoms with Gasteiger partial charge in [-0.25, -0.2) is 4.79 Å². The molecule has 4 rings (SSSR count). The number of carboxylic acid groups (broad SMARTS) is 1. The van der Waals surface area contributed by atoms with Crippen molar-refractivity contribution in [2.45, 2.75) is 50.3 Å². The zero-order valence-corrected chi connectivity index (χ0v) is 21.4. The number of non-ortho nitro benzene ring substituents is 1. The normalized spacial score (nSPS) is 19.3. The second-order valence-electron chi connectivity index (χ2n) is 9.91. The number of aliphatic carboxylic acids is 1. The van der Waals surface area contributed by atoms with Crippen LogP contribution in [0.25, 0.3) is 6.08 Å². The lowest BCUT2D eigenvalue weighted by molar-refractivity contribution is -0.384. The minimum absolute atomic E-state index is 0.0112. The van der Waals surface area contributed by atoms with Gasteiger partial charge in [-0.2, -0.15) is 0 Å². The highest BCUT2D eigenvalue weighted by Crippen LogP contribution is 2.54. The highest BCUT2D eigenvalue weighted by Gasteiger charge is 2.58. The molecule has 0 bridgehead atoms. The second-order valence-corrected chi connectivity index (χ2v) is 9.91. The van der Waals surface area contributed by atoms with Gasteiger partial charge in [0.1, 0.15) is 18.4 Å². The SMILES string of the molecule is CC1(C)c2ccccc2N(CCOC(=O)NCCCC[C@H](N)C(=O)O)C12C=Cc1cc([N+](=O)[O-])ccc1O2. The fourth-order valence-electron chi connectivity index (χ4n) is 5.08. The molecule has 4 N–H and O–H groups in total. The standard InChI is InChI=1S/C27H32N4O7/c1-26(2)20-7-3-4-9-22(20)30(15-16-37-25(34)29-14-6-5-8-21(28)24(32)33)27(26)13-12-18-17-19(31(35)36)10-11-23(18)38-27/h3-4,7,9-13,17,21H,5-6,8,14-16,28H2,1-2H3,(H,29,34)(H,32,33)/t21-,27?/m0/s1. The number of carbonyl (C=O) groups excluding carboxylic acids is 1. The number of para-hydroxylation sites is 1. The predicted molar refractivity (Wildman–Crippen MR) is 141 cm³/mol. The van der Waals surface area contributed by atoms with Crippen molar-refractivity contribution >= 4 is 29.5 Å². The number of hydrogen-bond donors (Lipinski definition) is 3. The first-order valence-corrected chi connectivity index (χ1v) is 12.5. The van der Waals surface area contributed by atoms with Gasteiger partial charge in [0.15, 0.2) is 0 Å². The summed E-state index contributed by atoms with van der Waals surface area (Å²) in [6, 6.07) is 11.6. The van der Waals surface area contributed by atoms with E-state index in [1.807, 2.05) is 36.4 Å². The molecule has 0 aromatic heterocycles. The van der Waals surface area contributed by atoms with Crippen LogP contribution in [0, 0.1) is 10.1 Å². The van der Waals surface area contributed by atoms with Gasteiger partial charge in [0.2, 0.25) is 5.72 Å². The molecule has 1 unspecified atom stereocenters. The van der Waals surface area contributed by atoms with Crippen LogP contribution in [-0.2, 0) is 14.9 Å². The molecule has 1 spiro atoms. The lowest BCUT2D eigenvalue weighted by Crippen LogP contribution is -2.60. The molecule has 2 aromatic rings. The minimum Gasteiger partial charge on any atom is -0.480 e. The van der Waals surface area contributed by atoms with Crippen molar-refractivity contribution in [3.63, 3.8) is 0 Å². The Morgan fingerprint density at radius 3 is 2.74 bits per heavy atom. The Kier molecular flexibility index (Phi) is 7.58. The Balaban J connectivity index is 1.44. The maximum Gasteiger partial charge on any atom is 0.407 e. The van der Waals surface area contributed by atoms with Crippen LogP contribution in [0.2, 0.25) is 0 Å². The number of alkyl carbamates (subject to hydrolysis) is 1. The zero-order chi connectivity index (χ0) is 27.5. The van der Waals surface area contributed by atoms with Crippen LogP contribution < -0.4 is 20.7 Å². The molecule has 2 aliphatic heterocycles. The van der Waals surface area contributed by atoms with E-state index in [1.165, 1.54) is 12.1 Å². The molecule has 0 radical (unpaired) electrons. The van der Waals surface area contributed by atoms with Crippen LogP contribution in [0.3, 0.4) is 0 Å². The van der Waals surface area contributed by atoms with E-state index < -0.39 is 34.2 Å². The number of nitro benzene ring substituents is 1. The van der Waals surface area contributed by atoms with Crippen LogP contribution >= 0.6 is 0 Å². The van der Waals surface area contributed by atoms with Crippen LogP contribution in [-0.4, -0.2) is 53.6 Å². The number of anilines is 1. The summed E-state index contributed by atoms with van der Waals surface area (Å²) < 4.78 is 12.1. The van der Waals surface area contributed by atoms with Crippen LogP contribution in [0.4, 0.5) is 16.2 Å². The van der Waals surface area contributed by atoms with Crippen molar-refractivity contribution in [2.75, 3.05) is 24.6 Å². The molecule has 0 saturated carbocycles. The number of hydrogen-bond acceptors (Lipinski definition) is 8. The fourth-order valence-corrected chi connectivity index (χ4v) is 5.08. The number of rotatable bonds is 10. The third-order valence-corrected chi connectivity index (χ3v) is 7.20. The lowest BCUT2D eigenvalue weighted by Gasteiger charge is -2.47. The van der Waals surface area contributed by atoms with Gasteiger partial charge >= 0.3 is 12.1 Å². The van der Waals surface area contributed by atoms with Gasteiger partial charge in [-0.3, -0.25) is 14.9 Å². The van der Waals surface area contributed by atoms with Gasteiger partial charge < -0.3 is 30.5 Å². The predicted octanol–water partition coefficient (Wildman–Crippen LogP) is 3.80. The van der Waals surface area contributed by atoms with Crippen LogP contribution in [0.15, 0.2) is 48.5 Å². The molecular weight excluding hydrogens is 492 g/mol. The smallest absolute Gasteiger partial charge is 0.407 e. The number of amides is 1. The van der Waals surface area contributed by atoms with Crippen molar-refractivity contribution in [1.82, 2.24) is 5.32 Å². The summed E-state index contributed by atoms with van der Waals surface area (Å²) in [6.07, 6.45) is 4.69. The zero-order valence-electron chi connectivity index (χ0n) is 21.4. The maximum atomic E-state index is 12.2. The van der Waals surface area contributed by atoms with Crippen LogP contribution in [0.5, 0.6) is 5.75 Å². The number of unbranched alkanes of at least 4 members (excludes halogenated alkanes) is 1. The number of nitrogens with two attached hydrogens (primary N) is 1. The quantitative estimate of drug-likeness (QED) is 0.239. The Morgan fingerprint density at radius 1 is 1.24 bits per heavy atom. The molecule has 2 aliphatic rings. The molecule has 38 heavy (non-hydrogen) atoms. The van der Waals surface area contributed by atoms with Gasteiger partial charge in [0.25, 0.3) is 5.69 Å². The summed E-state index contributed by atoms with van der Waals surface area (Å²) in [4.78, 5) is 35.9. The van der Waals surface area contributed by atoms with Crippen molar-refractivity contribution < 1.29 is 29.1 Å². The van der Waals surface area contributed by atoms with E-state index in [1.54, 1.807) is 6.07 Å². The Bertz CT molecular complexity index is 1260. The third kappa shape index (κ3) is 5.01. The molecule has 202 valence electrons. The summed E-state index contributed by atoms with van der Waals surface area (Å²) in [7, 11) is 0. The number of nitro groups is 1. The van der Waals surface area contributed by atoms with Gasteiger partial charge in [-0.15, -0.1) is 0 Å². The lowest BCUT2D eigenvalue weighted by atomic mass is 9.76. The second kappa shape index (κ2) is 10.7. The number of benzene rings is 2. The summed E-state index contributed by atoms with van der Waals surface area (Å²) >= 11 is 0. The van der Waals surface area contributed by atoms with E-state index in [0.29, 0.717) is 43.7 Å². The molecule has 2 heterocycles.